The number of fused-ring (bicyclic) bond motifs is 1. The fourth-order valence-corrected chi connectivity index (χ4v) is 4.44. The van der Waals surface area contributed by atoms with E-state index >= 15 is 0 Å². The summed E-state index contributed by atoms with van der Waals surface area (Å²) >= 11 is 1.16. The number of hydrogen-bond acceptors (Lipinski definition) is 6. The van der Waals surface area contributed by atoms with E-state index in [4.69, 9.17) is 9.47 Å². The largest absolute Gasteiger partial charge is 0.390 e. The maximum absolute atomic E-state index is 12.8. The fourth-order valence-electron chi connectivity index (χ4n) is 3.18. The highest BCUT2D eigenvalue weighted by atomic mass is 32.1. The summed E-state index contributed by atoms with van der Waals surface area (Å²) in [6.45, 7) is 5.13. The van der Waals surface area contributed by atoms with Gasteiger partial charge in [0.25, 0.3) is 5.56 Å². The summed E-state index contributed by atoms with van der Waals surface area (Å²) in [5, 5.41) is 3.52. The summed E-state index contributed by atoms with van der Waals surface area (Å²) in [5.74, 6) is 0. The van der Waals surface area contributed by atoms with Crippen molar-refractivity contribution in [2.24, 2.45) is 0 Å². The van der Waals surface area contributed by atoms with Gasteiger partial charge in [0.15, 0.2) is 6.29 Å². The predicted molar refractivity (Wildman–Crippen MR) is 106 cm³/mol. The van der Waals surface area contributed by atoms with Crippen LogP contribution in [0.3, 0.4) is 0 Å². The van der Waals surface area contributed by atoms with Crippen molar-refractivity contribution in [2.75, 3.05) is 14.2 Å². The number of halogens is 3. The lowest BCUT2D eigenvalue weighted by atomic mass is 10.2. The average Bonchev–Trinajstić information content (AvgIpc) is 2.97. The number of nitrogens with zero attached hydrogens (tertiary/aromatic N) is 2. The minimum atomic E-state index is -4.40. The average molecular weight is 437 g/mol. The third-order valence-corrected chi connectivity index (χ3v) is 6.10. The van der Waals surface area contributed by atoms with E-state index in [1.807, 2.05) is 6.92 Å². The van der Waals surface area contributed by atoms with Gasteiger partial charge in [-0.1, -0.05) is 0 Å². The first-order chi connectivity index (χ1) is 13.6. The van der Waals surface area contributed by atoms with Gasteiger partial charge >= 0.3 is 11.9 Å². The molecule has 2 aromatic heterocycles. The van der Waals surface area contributed by atoms with E-state index < -0.39 is 36.7 Å². The zero-order valence-electron chi connectivity index (χ0n) is 17.1. The molecule has 29 heavy (non-hydrogen) atoms. The molecule has 1 atom stereocenters. The Balaban J connectivity index is 2.51. The first-order valence-corrected chi connectivity index (χ1v) is 9.98. The lowest BCUT2D eigenvalue weighted by Crippen LogP contribution is -2.40. The van der Waals surface area contributed by atoms with E-state index in [1.54, 1.807) is 13.8 Å². The Morgan fingerprint density at radius 1 is 1.17 bits per heavy atom. The van der Waals surface area contributed by atoms with Crippen LogP contribution in [0, 0.1) is 6.92 Å². The monoisotopic (exact) mass is 437 g/mol. The number of alkyl halides is 3. The molecule has 164 valence electrons. The fraction of sp³-hybridized carbons (Fsp3) is 0.667. The first kappa shape index (κ1) is 23.6. The number of methoxy groups -OCH3 is 2. The molecule has 0 saturated carbocycles. The number of rotatable bonds is 9. The molecule has 0 aliphatic rings. The molecule has 0 spiro atoms. The zero-order valence-corrected chi connectivity index (χ0v) is 17.9. The molecule has 0 aromatic carbocycles. The van der Waals surface area contributed by atoms with Gasteiger partial charge in [0.05, 0.1) is 17.8 Å². The third-order valence-electron chi connectivity index (χ3n) is 4.79. The van der Waals surface area contributed by atoms with Crippen molar-refractivity contribution in [1.29, 1.82) is 0 Å². The molecule has 0 aliphatic heterocycles. The molecule has 0 aliphatic carbocycles. The lowest BCUT2D eigenvalue weighted by Gasteiger charge is -2.22. The van der Waals surface area contributed by atoms with Crippen molar-refractivity contribution >= 4 is 21.6 Å². The predicted octanol–water partition coefficient (Wildman–Crippen LogP) is 2.60. The van der Waals surface area contributed by atoms with Crippen molar-refractivity contribution in [2.45, 2.75) is 65.3 Å². The van der Waals surface area contributed by atoms with E-state index in [0.29, 0.717) is 12.1 Å². The van der Waals surface area contributed by atoms with Gasteiger partial charge in [-0.25, -0.2) is 4.79 Å². The summed E-state index contributed by atoms with van der Waals surface area (Å²) in [6, 6.07) is -0.172. The zero-order chi connectivity index (χ0) is 21.9. The van der Waals surface area contributed by atoms with Crippen LogP contribution in [0.5, 0.6) is 0 Å². The van der Waals surface area contributed by atoms with Crippen LogP contribution in [0.2, 0.25) is 0 Å². The van der Waals surface area contributed by atoms with E-state index in [1.165, 1.54) is 14.2 Å². The molecule has 11 heteroatoms. The van der Waals surface area contributed by atoms with E-state index in [2.05, 4.69) is 5.32 Å². The summed E-state index contributed by atoms with van der Waals surface area (Å²) < 4.78 is 50.7. The molecule has 0 bridgehead atoms. The molecule has 1 unspecified atom stereocenters. The van der Waals surface area contributed by atoms with Crippen LogP contribution >= 0.6 is 11.3 Å². The molecule has 1 N–H and O–H groups in total. The van der Waals surface area contributed by atoms with Gasteiger partial charge < -0.3 is 14.8 Å². The van der Waals surface area contributed by atoms with Crippen molar-refractivity contribution in [1.82, 2.24) is 14.5 Å². The van der Waals surface area contributed by atoms with Gasteiger partial charge in [-0.3, -0.25) is 13.9 Å². The Morgan fingerprint density at radius 3 is 2.31 bits per heavy atom. The van der Waals surface area contributed by atoms with Crippen molar-refractivity contribution in [3.63, 3.8) is 0 Å². The van der Waals surface area contributed by atoms with Crippen molar-refractivity contribution in [3.8, 4) is 0 Å². The SMILES string of the molecule is CCn1c(=O)c2c(C)c(CNC(C)C(OC)OC)sc2n(CCC(F)(F)F)c1=O. The standard InChI is InChI=1S/C18H26F3N3O4S/c1-6-23-14(25)13-10(2)12(9-22-11(3)16(27-4)28-5)29-15(13)24(17(23)26)8-7-18(19,20)21/h11,16,22H,6-9H2,1-5H3. The van der Waals surface area contributed by atoms with Crippen LogP contribution in [-0.4, -0.2) is 41.9 Å². The van der Waals surface area contributed by atoms with E-state index in [-0.39, 0.29) is 22.8 Å². The lowest BCUT2D eigenvalue weighted by molar-refractivity contribution is -0.136. The second-order valence-electron chi connectivity index (χ2n) is 6.69. The Morgan fingerprint density at radius 2 is 1.79 bits per heavy atom. The molecular formula is C18H26F3N3O4S. The van der Waals surface area contributed by atoms with Crippen LogP contribution in [0.1, 0.15) is 30.7 Å². The molecule has 2 rings (SSSR count). The summed E-state index contributed by atoms with van der Waals surface area (Å²) in [4.78, 5) is 26.4. The first-order valence-electron chi connectivity index (χ1n) is 9.17. The van der Waals surface area contributed by atoms with Crippen LogP contribution in [-0.2, 0) is 29.1 Å². The van der Waals surface area contributed by atoms with E-state index in [9.17, 15) is 22.8 Å². The van der Waals surface area contributed by atoms with Gasteiger partial charge in [-0.2, -0.15) is 13.2 Å². The molecule has 0 fully saturated rings. The minimum Gasteiger partial charge on any atom is -0.354 e. The molecule has 0 amide bonds. The van der Waals surface area contributed by atoms with Crippen LogP contribution in [0.25, 0.3) is 10.2 Å². The Hall–Kier alpha value is -1.69. The summed E-state index contributed by atoms with van der Waals surface area (Å²) in [7, 11) is 3.03. The second kappa shape index (κ2) is 9.41. The van der Waals surface area contributed by atoms with Crippen molar-refractivity contribution in [3.05, 3.63) is 31.3 Å². The Labute approximate surface area is 170 Å². The maximum Gasteiger partial charge on any atom is 0.390 e. The number of nitrogens with one attached hydrogen (secondary N) is 1. The van der Waals surface area contributed by atoms with Crippen LogP contribution < -0.4 is 16.6 Å². The van der Waals surface area contributed by atoms with Gasteiger partial charge in [-0.05, 0) is 26.3 Å². The second-order valence-corrected chi connectivity index (χ2v) is 7.77. The summed E-state index contributed by atoms with van der Waals surface area (Å²) in [6.07, 6.45) is -6.03. The normalized spacial score (nSPS) is 13.6. The number of aryl methyl sites for hydroxylation is 2. The third kappa shape index (κ3) is 5.08. The topological polar surface area (TPSA) is 74.5 Å². The molecule has 0 saturated heterocycles. The highest BCUT2D eigenvalue weighted by Gasteiger charge is 2.28. The number of aromatic nitrogens is 2. The summed E-state index contributed by atoms with van der Waals surface area (Å²) in [5.41, 5.74) is -0.540. The van der Waals surface area contributed by atoms with Crippen molar-refractivity contribution < 1.29 is 22.6 Å². The molecular weight excluding hydrogens is 411 g/mol. The quantitative estimate of drug-likeness (QED) is 0.611. The maximum atomic E-state index is 12.8. The van der Waals surface area contributed by atoms with Gasteiger partial charge in [0.1, 0.15) is 4.83 Å². The Bertz CT molecular complexity index is 960. The highest BCUT2D eigenvalue weighted by molar-refractivity contribution is 7.18. The molecule has 0 radical (unpaired) electrons. The smallest absolute Gasteiger partial charge is 0.354 e. The van der Waals surface area contributed by atoms with Crippen LogP contribution in [0.15, 0.2) is 9.59 Å². The minimum absolute atomic E-state index is 0.0862. The molecule has 2 aromatic rings. The highest BCUT2D eigenvalue weighted by Crippen LogP contribution is 2.29. The van der Waals surface area contributed by atoms with Gasteiger partial charge in [0.2, 0.25) is 0 Å². The number of ether oxygens (including phenoxy) is 2. The molecule has 7 nitrogen and oxygen atoms in total. The Kier molecular flexibility index (Phi) is 7.66. The number of thiophene rings is 1. The van der Waals surface area contributed by atoms with Crippen LogP contribution in [0.4, 0.5) is 13.2 Å². The molecule has 2 heterocycles. The van der Waals surface area contributed by atoms with E-state index in [0.717, 1.165) is 25.3 Å². The van der Waals surface area contributed by atoms with Gasteiger partial charge in [-0.15, -0.1) is 11.3 Å². The number of hydrogen-bond donors (Lipinski definition) is 1. The van der Waals surface area contributed by atoms with Gasteiger partial charge in [0, 0.05) is 38.7 Å².